The molecule has 0 N–H and O–H groups in total. The molecule has 17 aliphatic rings. The van der Waals surface area contributed by atoms with Crippen molar-refractivity contribution in [3.05, 3.63) is 83.1 Å². The van der Waals surface area contributed by atoms with Crippen molar-refractivity contribution in [1.29, 1.82) is 0 Å². The highest BCUT2D eigenvalue weighted by atomic mass is 15.4. The molecule has 0 amide bonds. The highest BCUT2D eigenvalue weighted by molar-refractivity contribution is 6.72. The number of hydrogen-bond acceptors (Lipinski definition) is 0. The van der Waals surface area contributed by atoms with Crippen LogP contribution in [0.5, 0.6) is 0 Å². The molecule has 2 nitrogen and oxygen atoms in total. The van der Waals surface area contributed by atoms with Gasteiger partial charge in [0.15, 0.2) is 0 Å². The summed E-state index contributed by atoms with van der Waals surface area (Å²) in [5.41, 5.74) is 37.2. The van der Waals surface area contributed by atoms with Crippen molar-refractivity contribution in [2.24, 2.45) is 5.41 Å². The van der Waals surface area contributed by atoms with E-state index in [1.165, 1.54) is 60.6 Å². The van der Waals surface area contributed by atoms with Crippen LogP contribution in [-0.4, -0.2) is 62.3 Å². The normalized spacial score (nSPS) is 37.4. The first kappa shape index (κ1) is 33.1. The van der Waals surface area contributed by atoms with Crippen LogP contribution in [0.4, 0.5) is 0 Å². The largest absolute Gasteiger partial charge is 0.324 e. The van der Waals surface area contributed by atoms with E-state index in [0.29, 0.717) is 47.6 Å². The van der Waals surface area contributed by atoms with E-state index in [0.717, 1.165) is 0 Å². The molecule has 2 saturated heterocycles. The summed E-state index contributed by atoms with van der Waals surface area (Å²) in [4.78, 5) is 0. The fourth-order valence-corrected chi connectivity index (χ4v) is 32.8. The number of nitrogens with zero attached hydrogens (tertiary/aromatic N) is 2. The van der Waals surface area contributed by atoms with Crippen LogP contribution in [0, 0.1) is 5.41 Å². The van der Waals surface area contributed by atoms with E-state index in [9.17, 15) is 0 Å². The van der Waals surface area contributed by atoms with Crippen molar-refractivity contribution in [2.75, 3.05) is 41.3 Å². The van der Waals surface area contributed by atoms with Crippen molar-refractivity contribution in [1.82, 2.24) is 0 Å². The number of allylic oxidation sites excluding steroid dienone is 1. The lowest BCUT2D eigenvalue weighted by molar-refractivity contribution is -0.906. The molecule has 2 aliphatic heterocycles. The van der Waals surface area contributed by atoms with Crippen LogP contribution in [0.1, 0.15) is 166 Å². The summed E-state index contributed by atoms with van der Waals surface area (Å²) in [5, 5.41) is 55.6. The number of likely N-dealkylation sites (tertiary alicyclic amines) is 2. The van der Waals surface area contributed by atoms with Gasteiger partial charge in [-0.25, -0.2) is 0 Å². The third kappa shape index (κ3) is 1.81. The van der Waals surface area contributed by atoms with E-state index < -0.39 is 0 Å². The van der Waals surface area contributed by atoms with Gasteiger partial charge in [-0.05, 0) is 285 Å². The monoisotopic (exact) mass is 982 g/mol. The SMILES string of the molecule is CCCCC1C23C4=c5c6c7c8c9c%10c%11c%12c%13c%14c%15c%16c%17c%18c%19c%20c%21c%22c%23c(c5c5c6c6c8c%11c8c%11c%12c%15c%12c(c%20%16)c%21c%15c%23c5c(c68)c%15c%12%11)C2(C[N+]1(C)C)C%22C%19c1c-%18c2c5c(c13)C4C7C9=C5C1(C2C%17%14)C(CCCC)[N+](C)(C)CC%10%131. The second kappa shape index (κ2) is 7.59. The van der Waals surface area contributed by atoms with E-state index in [-0.39, 0.29) is 21.7 Å². The van der Waals surface area contributed by atoms with Gasteiger partial charge in [0.05, 0.1) is 62.9 Å². The van der Waals surface area contributed by atoms with Crippen molar-refractivity contribution in [2.45, 2.75) is 116 Å². The summed E-state index contributed by atoms with van der Waals surface area (Å²) < 4.78 is 2.35. The quantitative estimate of drug-likeness (QED) is 0.115. The zero-order valence-corrected chi connectivity index (χ0v) is 44.2. The minimum Gasteiger partial charge on any atom is -0.324 e. The van der Waals surface area contributed by atoms with Crippen LogP contribution in [0.3, 0.4) is 0 Å². The van der Waals surface area contributed by atoms with E-state index >= 15 is 0 Å². The van der Waals surface area contributed by atoms with Gasteiger partial charge in [-0.15, -0.1) is 0 Å². The molecule has 34 rings (SSSR count). The summed E-state index contributed by atoms with van der Waals surface area (Å²) >= 11 is 0. The lowest BCUT2D eigenvalue weighted by Crippen LogP contribution is -2.60. The molecule has 2 heterocycles. The van der Waals surface area contributed by atoms with E-state index in [4.69, 9.17) is 0 Å². The van der Waals surface area contributed by atoms with Gasteiger partial charge in [0, 0.05) is 48.3 Å². The smallest absolute Gasteiger partial charge is 0.103 e. The topological polar surface area (TPSA) is 0 Å². The van der Waals surface area contributed by atoms with Crippen LogP contribution in [0.25, 0.3) is 189 Å². The van der Waals surface area contributed by atoms with Gasteiger partial charge >= 0.3 is 0 Å². The first-order chi connectivity index (χ1) is 38.3. The van der Waals surface area contributed by atoms with Gasteiger partial charge in [0.25, 0.3) is 0 Å². The third-order valence-corrected chi connectivity index (χ3v) is 31.9. The Morgan fingerprint density at radius 2 is 0.897 bits per heavy atom. The Labute approximate surface area is 442 Å². The zero-order chi connectivity index (χ0) is 48.1. The van der Waals surface area contributed by atoms with Gasteiger partial charge in [-0.3, -0.25) is 0 Å². The van der Waals surface area contributed by atoms with E-state index in [2.05, 4.69) is 47.6 Å². The molecule has 0 saturated carbocycles. The minimum atomic E-state index is -0.0526. The highest BCUT2D eigenvalue weighted by Crippen LogP contribution is 2.97. The second-order valence-corrected chi connectivity index (χ2v) is 32.7. The van der Waals surface area contributed by atoms with Crippen molar-refractivity contribution in [3.8, 4) is 11.1 Å². The van der Waals surface area contributed by atoms with Gasteiger partial charge in [-0.1, -0.05) is 26.7 Å². The number of rotatable bonds is 6. The molecular weight excluding hydrogens is 941 g/mol. The van der Waals surface area contributed by atoms with Gasteiger partial charge in [-0.2, -0.15) is 0 Å². The number of likely N-dealkylation sites (N-methyl/N-ethyl adjacent to an activating group) is 2. The zero-order valence-electron chi connectivity index (χ0n) is 44.2. The average Bonchev–Trinajstić information content (AvgIpc) is 1.44. The van der Waals surface area contributed by atoms with E-state index in [1.54, 1.807) is 108 Å². The summed E-state index contributed by atoms with van der Waals surface area (Å²) in [6.07, 6.45) is 7.98. The molecule has 4 spiro atoms. The number of benzene rings is 12. The molecule has 354 valence electrons. The Hall–Kier alpha value is -6.58. The van der Waals surface area contributed by atoms with E-state index in [1.807, 2.05) is 159 Å². The maximum absolute atomic E-state index is 2.82. The first-order valence-electron chi connectivity index (χ1n) is 31.7. The Morgan fingerprint density at radius 3 is 1.60 bits per heavy atom. The van der Waals surface area contributed by atoms with Crippen molar-refractivity contribution >= 4 is 178 Å². The standard InChI is InChI=1S/C76H42N2/c1-7-9-11-15-75-69-57-45-33-23-19-21-17-18-22-20-24-31-39-27(20)25(17)37-29(21)41(33)53(57)65-49(37)51(39)67(73(65,75)13-77(15,3)4)55-43(31)36-46-34(24)42-30(22)38-26(18)28(19)40-32(23)44-35(45)48-60-56(44)68-52(40)50(38)66-54(42)58(46)70-62-47(36)59(55)71(75)63(61(48)69)64(62)72(60)76(70)16(12-10-8-2)78(5,6)14-74(66,68)76/h15-16,47,56-57,62,68-69H,7-14H2,1-6H3/q+2. The molecule has 0 bridgehead atoms. The number of quaternary nitrogens is 2. The fraction of sp³-hybridized carbons (Fsp3) is 0.342. The molecular formula is C76H42N2+2. The number of unbranched alkanes of at least 4 members (excludes halogenated alkanes) is 2. The Bertz CT molecular complexity index is 6680. The summed E-state index contributed by atoms with van der Waals surface area (Å²) in [6, 6.07) is 1.14. The van der Waals surface area contributed by atoms with Gasteiger partial charge in [0.1, 0.15) is 12.1 Å². The maximum Gasteiger partial charge on any atom is 0.103 e. The van der Waals surface area contributed by atoms with Crippen molar-refractivity contribution < 1.29 is 8.97 Å². The van der Waals surface area contributed by atoms with Gasteiger partial charge in [0.2, 0.25) is 0 Å². The van der Waals surface area contributed by atoms with Crippen LogP contribution >= 0.6 is 0 Å². The minimum absolute atomic E-state index is 0.0190. The molecule has 0 aromatic heterocycles. The third-order valence-electron chi connectivity index (χ3n) is 31.9. The summed E-state index contributed by atoms with van der Waals surface area (Å²) in [5.74, 6) is 2.82. The fourth-order valence-electron chi connectivity index (χ4n) is 32.8. The van der Waals surface area contributed by atoms with Crippen molar-refractivity contribution in [3.63, 3.8) is 0 Å². The molecule has 12 atom stereocenters. The Balaban J connectivity index is 1.06. The first-order valence-corrected chi connectivity index (χ1v) is 31.7. The summed E-state index contributed by atoms with van der Waals surface area (Å²) in [6.45, 7) is 7.63. The molecule has 2 heteroatoms. The Kier molecular flexibility index (Phi) is 3.22. The predicted octanol–water partition coefficient (Wildman–Crippen LogP) is 15.7. The van der Waals surface area contributed by atoms with Crippen LogP contribution in [0.15, 0.2) is 0 Å². The second-order valence-electron chi connectivity index (χ2n) is 32.7. The van der Waals surface area contributed by atoms with Gasteiger partial charge < -0.3 is 8.97 Å². The van der Waals surface area contributed by atoms with Crippen LogP contribution < -0.4 is 5.22 Å². The predicted molar refractivity (Wildman–Crippen MR) is 316 cm³/mol. The molecule has 15 aliphatic carbocycles. The van der Waals surface area contributed by atoms with Crippen LogP contribution in [0.2, 0.25) is 0 Å². The lowest BCUT2D eigenvalue weighted by atomic mass is 9.40. The molecule has 78 heavy (non-hydrogen) atoms. The highest BCUT2D eigenvalue weighted by Gasteiger charge is 2.90. The Morgan fingerprint density at radius 1 is 0.372 bits per heavy atom. The van der Waals surface area contributed by atoms with Crippen LogP contribution in [-0.2, 0) is 16.2 Å². The molecule has 17 aromatic rings. The average molecular weight is 983 g/mol. The molecule has 2 fully saturated rings. The number of hydrogen-bond donors (Lipinski definition) is 0. The molecule has 12 unspecified atom stereocenters. The maximum atomic E-state index is 2.82. The molecule has 17 aromatic carbocycles. The molecule has 0 radical (unpaired) electrons. The lowest BCUT2D eigenvalue weighted by Gasteiger charge is -2.58. The summed E-state index contributed by atoms with van der Waals surface area (Å²) in [7, 11) is 11.3.